The van der Waals surface area contributed by atoms with Gasteiger partial charge in [0.25, 0.3) is 0 Å². The maximum Gasteiger partial charge on any atom is 0.166 e. The van der Waals surface area contributed by atoms with E-state index in [1.54, 1.807) is 0 Å². The summed E-state index contributed by atoms with van der Waals surface area (Å²) >= 11 is 3.66. The molecule has 6 heterocycles. The van der Waals surface area contributed by atoms with E-state index in [0.717, 1.165) is 55.8 Å². The Balaban J connectivity index is 1.02. The Morgan fingerprint density at radius 3 is 1.26 bits per heavy atom. The van der Waals surface area contributed by atoms with Crippen LogP contribution >= 0.6 is 22.7 Å². The SMILES string of the molecule is c1ccc(-c2nc(-c3ccccc3)nc(-c3cc(-c4cccc5sc6ccc7c8ccccc8n(-c8ccccc8)c7c6c45)cnc3-c3cccc4sc5ccc6c7ccccc7n(-c7ccccc7)c6c5c34)n2)cc1. The largest absolute Gasteiger partial charge is 0.309 e. The molecule has 0 aliphatic carbocycles. The smallest absolute Gasteiger partial charge is 0.166 e. The molecule has 0 N–H and O–H groups in total. The number of nitrogens with zero attached hydrogens (tertiary/aromatic N) is 6. The fourth-order valence-electron chi connectivity index (χ4n) is 11.8. The molecule has 0 atom stereocenters. The minimum absolute atomic E-state index is 0.547. The Labute approximate surface area is 443 Å². The first-order valence-corrected chi connectivity index (χ1v) is 27.1. The van der Waals surface area contributed by atoms with Crippen LogP contribution in [0.5, 0.6) is 0 Å². The van der Waals surface area contributed by atoms with E-state index >= 15 is 0 Å². The van der Waals surface area contributed by atoms with Gasteiger partial charge in [-0.25, -0.2) is 15.0 Å². The van der Waals surface area contributed by atoms with E-state index in [1.807, 2.05) is 59.1 Å². The Morgan fingerprint density at radius 1 is 0.303 bits per heavy atom. The lowest BCUT2D eigenvalue weighted by atomic mass is 9.94. The molecule has 76 heavy (non-hydrogen) atoms. The van der Waals surface area contributed by atoms with E-state index in [0.29, 0.717) is 17.5 Å². The topological polar surface area (TPSA) is 61.4 Å². The van der Waals surface area contributed by atoms with Crippen LogP contribution in [-0.4, -0.2) is 29.1 Å². The summed E-state index contributed by atoms with van der Waals surface area (Å²) in [6.07, 6.45) is 2.07. The van der Waals surface area contributed by atoms with Gasteiger partial charge in [0.2, 0.25) is 0 Å². The van der Waals surface area contributed by atoms with E-state index in [4.69, 9.17) is 19.9 Å². The molecule has 0 fully saturated rings. The molecular weight excluding hydrogens is 965 g/mol. The second-order valence-electron chi connectivity index (χ2n) is 19.3. The third-order valence-corrected chi connectivity index (χ3v) is 17.3. The molecule has 6 aromatic heterocycles. The Kier molecular flexibility index (Phi) is 9.57. The number of aromatic nitrogens is 6. The molecule has 0 unspecified atom stereocenters. The zero-order chi connectivity index (χ0) is 49.8. The van der Waals surface area contributed by atoms with Crippen LogP contribution in [0.1, 0.15) is 0 Å². The van der Waals surface area contributed by atoms with Gasteiger partial charge in [-0.05, 0) is 72.3 Å². The molecule has 0 radical (unpaired) electrons. The standard InChI is InChI=1S/C68H40N6S2/c1-5-19-41(20-6-1)66-70-67(42-21-7-2-8-22-42)72-68(71-66)52-39-43(46-29-17-33-55-59(46)61-57(75-55)37-35-49-47-27-13-15-31-53(47)73(64(49)61)44-23-9-3-10-24-44)40-69-63(52)51-30-18-34-56-60(51)62-58(76-56)38-36-50-48-28-14-16-32-54(48)74(65(50)62)45-25-11-4-12-26-45/h1-40H. The van der Waals surface area contributed by atoms with Gasteiger partial charge in [0, 0.05) is 107 Å². The molecule has 354 valence electrons. The van der Waals surface area contributed by atoms with Gasteiger partial charge in [0.15, 0.2) is 17.5 Å². The predicted molar refractivity (Wildman–Crippen MR) is 319 cm³/mol. The molecule has 0 spiro atoms. The highest BCUT2D eigenvalue weighted by atomic mass is 32.1. The lowest BCUT2D eigenvalue weighted by molar-refractivity contribution is 1.07. The highest BCUT2D eigenvalue weighted by molar-refractivity contribution is 7.26. The van der Waals surface area contributed by atoms with E-state index in [-0.39, 0.29) is 0 Å². The van der Waals surface area contributed by atoms with E-state index in [1.165, 1.54) is 78.6 Å². The molecule has 16 rings (SSSR count). The molecule has 0 saturated heterocycles. The van der Waals surface area contributed by atoms with Crippen molar-refractivity contribution < 1.29 is 0 Å². The average molecular weight is 1010 g/mol. The first-order chi connectivity index (χ1) is 37.7. The van der Waals surface area contributed by atoms with Crippen molar-refractivity contribution in [1.29, 1.82) is 0 Å². The number of fused-ring (bicyclic) bond motifs is 14. The van der Waals surface area contributed by atoms with Gasteiger partial charge in [0.05, 0.1) is 27.8 Å². The number of benzene rings is 10. The predicted octanol–water partition coefficient (Wildman–Crippen LogP) is 18.5. The fourth-order valence-corrected chi connectivity index (χ4v) is 14.0. The normalized spacial score (nSPS) is 11.9. The summed E-state index contributed by atoms with van der Waals surface area (Å²) in [4.78, 5) is 21.7. The number of pyridine rings is 1. The van der Waals surface area contributed by atoms with Crippen LogP contribution in [0.3, 0.4) is 0 Å². The summed E-state index contributed by atoms with van der Waals surface area (Å²) in [5, 5.41) is 9.64. The molecule has 0 amide bonds. The second-order valence-corrected chi connectivity index (χ2v) is 21.4. The summed E-state index contributed by atoms with van der Waals surface area (Å²) in [5.74, 6) is 1.73. The molecule has 6 nitrogen and oxygen atoms in total. The molecule has 16 aromatic rings. The number of para-hydroxylation sites is 4. The quantitative estimate of drug-likeness (QED) is 0.160. The number of rotatable bonds is 7. The van der Waals surface area contributed by atoms with Gasteiger partial charge in [-0.1, -0.05) is 170 Å². The van der Waals surface area contributed by atoms with Crippen molar-refractivity contribution in [1.82, 2.24) is 29.1 Å². The van der Waals surface area contributed by atoms with Gasteiger partial charge in [-0.15, -0.1) is 22.7 Å². The van der Waals surface area contributed by atoms with Gasteiger partial charge >= 0.3 is 0 Å². The van der Waals surface area contributed by atoms with Crippen molar-refractivity contribution in [3.63, 3.8) is 0 Å². The van der Waals surface area contributed by atoms with Gasteiger partial charge in [-0.2, -0.15) is 0 Å². The van der Waals surface area contributed by atoms with Crippen molar-refractivity contribution in [2.24, 2.45) is 0 Å². The molecular formula is C68H40N6S2. The first kappa shape index (κ1) is 42.9. The van der Waals surface area contributed by atoms with Crippen LogP contribution in [-0.2, 0) is 0 Å². The fraction of sp³-hybridized carbons (Fsp3) is 0. The summed E-state index contributed by atoms with van der Waals surface area (Å²) < 4.78 is 9.72. The van der Waals surface area contributed by atoms with E-state index in [9.17, 15) is 0 Å². The monoisotopic (exact) mass is 1000 g/mol. The Hall–Kier alpha value is -9.60. The zero-order valence-corrected chi connectivity index (χ0v) is 42.2. The van der Waals surface area contributed by atoms with Gasteiger partial charge in [-0.3, -0.25) is 4.98 Å². The highest BCUT2D eigenvalue weighted by Gasteiger charge is 2.26. The molecule has 8 heteroatoms. The second kappa shape index (κ2) is 17.0. The minimum atomic E-state index is 0.547. The van der Waals surface area contributed by atoms with Crippen LogP contribution in [0.4, 0.5) is 0 Å². The number of hydrogen-bond donors (Lipinski definition) is 0. The Bertz CT molecular complexity index is 4920. The van der Waals surface area contributed by atoms with Gasteiger partial charge in [0.1, 0.15) is 0 Å². The van der Waals surface area contributed by atoms with Crippen LogP contribution in [0, 0.1) is 0 Å². The van der Waals surface area contributed by atoms with Crippen molar-refractivity contribution in [2.45, 2.75) is 0 Å². The Morgan fingerprint density at radius 2 is 0.737 bits per heavy atom. The summed E-state index contributed by atoms with van der Waals surface area (Å²) in [6, 6.07) is 84.3. The summed E-state index contributed by atoms with van der Waals surface area (Å²) in [6.45, 7) is 0. The van der Waals surface area contributed by atoms with Crippen LogP contribution in [0.25, 0.3) is 152 Å². The van der Waals surface area contributed by atoms with E-state index in [2.05, 4.69) is 216 Å². The van der Waals surface area contributed by atoms with Crippen molar-refractivity contribution in [3.8, 4) is 67.9 Å². The molecule has 0 saturated carbocycles. The molecule has 0 bridgehead atoms. The first-order valence-electron chi connectivity index (χ1n) is 25.5. The van der Waals surface area contributed by atoms with Crippen LogP contribution < -0.4 is 0 Å². The van der Waals surface area contributed by atoms with Crippen LogP contribution in [0.2, 0.25) is 0 Å². The van der Waals surface area contributed by atoms with Crippen molar-refractivity contribution in [2.75, 3.05) is 0 Å². The summed E-state index contributed by atoms with van der Waals surface area (Å²) in [5.41, 5.74) is 13.5. The number of thiophene rings is 2. The lowest BCUT2D eigenvalue weighted by Crippen LogP contribution is -2.02. The highest BCUT2D eigenvalue weighted by Crippen LogP contribution is 2.50. The molecule has 0 aliphatic rings. The number of hydrogen-bond acceptors (Lipinski definition) is 6. The molecule has 10 aromatic carbocycles. The summed E-state index contributed by atoms with van der Waals surface area (Å²) in [7, 11) is 0. The van der Waals surface area contributed by atoms with Crippen molar-refractivity contribution >= 4 is 107 Å². The maximum atomic E-state index is 5.68. The maximum absolute atomic E-state index is 5.68. The third-order valence-electron chi connectivity index (χ3n) is 15.0. The average Bonchev–Trinajstić information content (AvgIpc) is 4.39. The zero-order valence-electron chi connectivity index (χ0n) is 40.6. The van der Waals surface area contributed by atoms with Crippen LogP contribution in [0.15, 0.2) is 243 Å². The van der Waals surface area contributed by atoms with Crippen molar-refractivity contribution in [3.05, 3.63) is 243 Å². The molecule has 0 aliphatic heterocycles. The third kappa shape index (κ3) is 6.51. The van der Waals surface area contributed by atoms with Gasteiger partial charge < -0.3 is 9.13 Å². The van der Waals surface area contributed by atoms with E-state index < -0.39 is 0 Å². The minimum Gasteiger partial charge on any atom is -0.309 e. The lowest BCUT2D eigenvalue weighted by Gasteiger charge is -2.15.